The van der Waals surface area contributed by atoms with Crippen molar-refractivity contribution in [2.75, 3.05) is 6.54 Å². The summed E-state index contributed by atoms with van der Waals surface area (Å²) in [5.74, 6) is 0. The highest BCUT2D eigenvalue weighted by Gasteiger charge is 2.46. The molecule has 1 aromatic heterocycles. The molecule has 6 nitrogen and oxygen atoms in total. The summed E-state index contributed by atoms with van der Waals surface area (Å²) in [5, 5.41) is -2.66. The van der Waals surface area contributed by atoms with Gasteiger partial charge in [-0.15, -0.1) is 0 Å². The Morgan fingerprint density at radius 2 is 1.95 bits per heavy atom. The fourth-order valence-electron chi connectivity index (χ4n) is 1.42. The van der Waals surface area contributed by atoms with Gasteiger partial charge < -0.3 is 10.1 Å². The first kappa shape index (κ1) is 18.3. The molecule has 0 aliphatic rings. The van der Waals surface area contributed by atoms with Gasteiger partial charge in [0.15, 0.2) is 5.03 Å². The maximum absolute atomic E-state index is 13.9. The van der Waals surface area contributed by atoms with Crippen LogP contribution in [0.4, 0.5) is 13.6 Å². The van der Waals surface area contributed by atoms with Gasteiger partial charge >= 0.3 is 11.3 Å². The summed E-state index contributed by atoms with van der Waals surface area (Å²) >= 11 is 0. The van der Waals surface area contributed by atoms with Crippen molar-refractivity contribution in [3.05, 3.63) is 24.4 Å². The van der Waals surface area contributed by atoms with E-state index in [9.17, 15) is 22.0 Å². The summed E-state index contributed by atoms with van der Waals surface area (Å²) in [5.41, 5.74) is -0.771. The molecule has 0 unspecified atom stereocenters. The highest BCUT2D eigenvalue weighted by atomic mass is 32.2. The molecular weight excluding hydrogens is 318 g/mol. The fourth-order valence-corrected chi connectivity index (χ4v) is 2.55. The monoisotopic (exact) mass is 336 g/mol. The quantitative estimate of drug-likeness (QED) is 0.892. The van der Waals surface area contributed by atoms with E-state index in [1.54, 1.807) is 20.8 Å². The van der Waals surface area contributed by atoms with Crippen molar-refractivity contribution < 1.29 is 26.7 Å². The largest absolute Gasteiger partial charge is 0.444 e. The van der Waals surface area contributed by atoms with Gasteiger partial charge in [0.1, 0.15) is 5.60 Å². The Balaban J connectivity index is 2.67. The Morgan fingerprint density at radius 1 is 1.32 bits per heavy atom. The number of nitrogens with one attached hydrogen (secondary N) is 1. The summed E-state index contributed by atoms with van der Waals surface area (Å²) in [4.78, 5) is 14.8. The molecule has 0 bridgehead atoms. The smallest absolute Gasteiger partial charge is 0.407 e. The molecule has 0 saturated heterocycles. The highest BCUT2D eigenvalue weighted by Crippen LogP contribution is 2.30. The van der Waals surface area contributed by atoms with E-state index < -0.39 is 44.8 Å². The van der Waals surface area contributed by atoms with Crippen molar-refractivity contribution in [3.8, 4) is 0 Å². The molecular formula is C13H18F2N2O4S. The Hall–Kier alpha value is -1.77. The minimum absolute atomic E-state index is 0.548. The van der Waals surface area contributed by atoms with E-state index in [0.29, 0.717) is 0 Å². The topological polar surface area (TPSA) is 85.4 Å². The SMILES string of the molecule is CC(C)(C)OC(=O)NCCC(F)(F)S(=O)(=O)c1ccccn1. The standard InChI is InChI=1S/C13H18F2N2O4S/c1-12(2,3)21-11(18)17-9-7-13(14,15)22(19,20)10-6-4-5-8-16-10/h4-6,8H,7,9H2,1-3H3,(H,17,18). The van der Waals surface area contributed by atoms with Crippen molar-refractivity contribution in [3.63, 3.8) is 0 Å². The second-order valence-corrected chi connectivity index (χ2v) is 7.51. The van der Waals surface area contributed by atoms with E-state index in [0.717, 1.165) is 12.3 Å². The van der Waals surface area contributed by atoms with Gasteiger partial charge in [-0.05, 0) is 32.9 Å². The van der Waals surface area contributed by atoms with Gasteiger partial charge in [0.25, 0.3) is 9.84 Å². The summed E-state index contributed by atoms with van der Waals surface area (Å²) < 4.78 is 56.2. The number of hydrogen-bond acceptors (Lipinski definition) is 5. The van der Waals surface area contributed by atoms with Gasteiger partial charge in [0, 0.05) is 19.2 Å². The van der Waals surface area contributed by atoms with E-state index in [2.05, 4.69) is 10.3 Å². The number of carbonyl (C=O) groups excluding carboxylic acids is 1. The third-order valence-corrected chi connectivity index (χ3v) is 4.17. The van der Waals surface area contributed by atoms with Crippen molar-refractivity contribution in [1.29, 1.82) is 0 Å². The summed E-state index contributed by atoms with van der Waals surface area (Å²) in [6, 6.07) is 3.71. The van der Waals surface area contributed by atoms with Crippen LogP contribution in [-0.2, 0) is 14.6 Å². The second kappa shape index (κ2) is 6.55. The van der Waals surface area contributed by atoms with Gasteiger partial charge in [-0.2, -0.15) is 8.78 Å². The lowest BCUT2D eigenvalue weighted by Gasteiger charge is -2.20. The molecule has 0 aliphatic carbocycles. The Bertz CT molecular complexity index is 613. The van der Waals surface area contributed by atoms with Gasteiger partial charge in [0.2, 0.25) is 0 Å². The van der Waals surface area contributed by atoms with Crippen LogP contribution in [0, 0.1) is 0 Å². The molecule has 1 amide bonds. The van der Waals surface area contributed by atoms with Crippen molar-refractivity contribution >= 4 is 15.9 Å². The van der Waals surface area contributed by atoms with Crippen molar-refractivity contribution in [2.45, 2.75) is 43.1 Å². The lowest BCUT2D eigenvalue weighted by Crippen LogP contribution is -2.37. The van der Waals surface area contributed by atoms with Crippen LogP contribution in [0.3, 0.4) is 0 Å². The zero-order chi connectivity index (χ0) is 17.0. The van der Waals surface area contributed by atoms with E-state index in [4.69, 9.17) is 4.74 Å². The number of alkyl halides is 2. The average molecular weight is 336 g/mol. The van der Waals surface area contributed by atoms with Crippen LogP contribution in [-0.4, -0.2) is 36.9 Å². The number of halogens is 2. The molecule has 0 saturated carbocycles. The molecule has 0 fully saturated rings. The Labute approximate surface area is 127 Å². The number of carbonyl (C=O) groups is 1. The number of amides is 1. The first-order chi connectivity index (χ1) is 9.96. The molecule has 1 aromatic rings. The van der Waals surface area contributed by atoms with Crippen LogP contribution < -0.4 is 5.32 Å². The van der Waals surface area contributed by atoms with Crippen LogP contribution in [0.25, 0.3) is 0 Å². The van der Waals surface area contributed by atoms with Gasteiger partial charge in [-0.25, -0.2) is 18.2 Å². The zero-order valence-corrected chi connectivity index (χ0v) is 13.3. The first-order valence-electron chi connectivity index (χ1n) is 6.46. The van der Waals surface area contributed by atoms with Crippen LogP contribution in [0.1, 0.15) is 27.2 Å². The van der Waals surface area contributed by atoms with E-state index in [1.165, 1.54) is 12.1 Å². The number of aromatic nitrogens is 1. The molecule has 0 radical (unpaired) electrons. The minimum atomic E-state index is -4.91. The van der Waals surface area contributed by atoms with Crippen molar-refractivity contribution in [2.24, 2.45) is 0 Å². The second-order valence-electron chi connectivity index (χ2n) is 5.49. The molecule has 1 rings (SSSR count). The number of nitrogens with zero attached hydrogens (tertiary/aromatic N) is 1. The third-order valence-electron chi connectivity index (χ3n) is 2.39. The Morgan fingerprint density at radius 3 is 2.45 bits per heavy atom. The zero-order valence-electron chi connectivity index (χ0n) is 12.5. The molecule has 0 spiro atoms. The minimum Gasteiger partial charge on any atom is -0.444 e. The van der Waals surface area contributed by atoms with Crippen molar-refractivity contribution in [1.82, 2.24) is 10.3 Å². The number of sulfone groups is 1. The third kappa shape index (κ3) is 4.90. The molecule has 9 heteroatoms. The molecule has 22 heavy (non-hydrogen) atoms. The number of hydrogen-bond donors (Lipinski definition) is 1. The van der Waals surface area contributed by atoms with Crippen LogP contribution >= 0.6 is 0 Å². The number of ether oxygens (including phenoxy) is 1. The van der Waals surface area contributed by atoms with Gasteiger partial charge in [-0.3, -0.25) is 0 Å². The van der Waals surface area contributed by atoms with E-state index in [-0.39, 0.29) is 0 Å². The van der Waals surface area contributed by atoms with E-state index >= 15 is 0 Å². The van der Waals surface area contributed by atoms with Gasteiger partial charge in [-0.1, -0.05) is 6.07 Å². The molecule has 0 aromatic carbocycles. The lowest BCUT2D eigenvalue weighted by molar-refractivity contribution is 0.0487. The maximum atomic E-state index is 13.9. The summed E-state index contributed by atoms with van der Waals surface area (Å²) in [6.45, 7) is 4.31. The number of pyridine rings is 1. The lowest BCUT2D eigenvalue weighted by atomic mass is 10.2. The molecule has 1 N–H and O–H groups in total. The predicted octanol–water partition coefficient (Wildman–Crippen LogP) is 2.36. The molecule has 0 aliphatic heterocycles. The number of rotatable bonds is 5. The Kier molecular flexibility index (Phi) is 5.44. The average Bonchev–Trinajstić information content (AvgIpc) is 2.37. The molecule has 124 valence electrons. The normalized spacial score (nSPS) is 12.8. The molecule has 0 atom stereocenters. The molecule has 1 heterocycles. The number of alkyl carbamates (subject to hydrolysis) is 1. The summed E-state index contributed by atoms with van der Waals surface area (Å²) in [6.07, 6.45) is -0.855. The predicted molar refractivity (Wildman–Crippen MR) is 75.2 cm³/mol. The van der Waals surface area contributed by atoms with Gasteiger partial charge in [0.05, 0.1) is 0 Å². The van der Waals surface area contributed by atoms with Crippen LogP contribution in [0.2, 0.25) is 0 Å². The van der Waals surface area contributed by atoms with E-state index in [1.807, 2.05) is 0 Å². The highest BCUT2D eigenvalue weighted by molar-refractivity contribution is 7.92. The fraction of sp³-hybridized carbons (Fsp3) is 0.538. The maximum Gasteiger partial charge on any atom is 0.407 e. The van der Waals surface area contributed by atoms with Crippen LogP contribution in [0.5, 0.6) is 0 Å². The summed E-state index contributed by atoms with van der Waals surface area (Å²) in [7, 11) is -4.91. The van der Waals surface area contributed by atoms with Crippen LogP contribution in [0.15, 0.2) is 29.4 Å². The first-order valence-corrected chi connectivity index (χ1v) is 7.94.